The Balaban J connectivity index is 0.865. The smallest absolute Gasteiger partial charge is 0.119 e. The van der Waals surface area contributed by atoms with Crippen molar-refractivity contribution in [1.29, 1.82) is 0 Å². The zero-order valence-corrected chi connectivity index (χ0v) is 59.4. The molecular weight excluding hydrogens is 1220 g/mol. The number of unbranched alkanes of at least 4 members (excludes halogenated alkanes) is 10. The molecule has 2 aromatic heterocycles. The highest BCUT2D eigenvalue weighted by Gasteiger charge is 2.43. The van der Waals surface area contributed by atoms with E-state index in [9.17, 15) is 0 Å². The first kappa shape index (κ1) is 65.3. The van der Waals surface area contributed by atoms with E-state index in [1.165, 1.54) is 188 Å². The first-order valence-electron chi connectivity index (χ1n) is 37.0. The third kappa shape index (κ3) is 13.0. The molecule has 6 heteroatoms. The minimum absolute atomic E-state index is 0.142. The summed E-state index contributed by atoms with van der Waals surface area (Å²) in [7, 11) is 0. The molecule has 0 N–H and O–H groups in total. The van der Waals surface area contributed by atoms with Crippen LogP contribution in [0.3, 0.4) is 0 Å². The zero-order chi connectivity index (χ0) is 67.4. The van der Waals surface area contributed by atoms with E-state index in [1.54, 1.807) is 0 Å². The van der Waals surface area contributed by atoms with Crippen molar-refractivity contribution in [3.63, 3.8) is 0 Å². The molecule has 12 aromatic carbocycles. The van der Waals surface area contributed by atoms with Crippen molar-refractivity contribution in [2.75, 3.05) is 0 Å². The van der Waals surface area contributed by atoms with E-state index < -0.39 is 0 Å². The predicted octanol–water partition coefficient (Wildman–Crippen LogP) is 27.2. The second-order valence-corrected chi connectivity index (χ2v) is 28.6. The van der Waals surface area contributed by atoms with Gasteiger partial charge in [-0.3, -0.25) is 0 Å². The van der Waals surface area contributed by atoms with Crippen molar-refractivity contribution in [2.45, 2.75) is 162 Å². The molecule has 0 amide bonds. The van der Waals surface area contributed by atoms with Gasteiger partial charge in [-0.15, -0.1) is 0 Å². The van der Waals surface area contributed by atoms with Crippen molar-refractivity contribution in [2.24, 2.45) is 0 Å². The van der Waals surface area contributed by atoms with Crippen LogP contribution in [-0.4, -0.2) is 25.5 Å². The van der Waals surface area contributed by atoms with Crippen LogP contribution in [0.1, 0.15) is 155 Å². The molecule has 0 aliphatic heterocycles. The minimum Gasteiger partial charge on any atom is -0.491 e. The highest BCUT2D eigenvalue weighted by Crippen LogP contribution is 2.56. The Kier molecular flexibility index (Phi) is 19.2. The van der Waals surface area contributed by atoms with Crippen molar-refractivity contribution in [3.05, 3.63) is 248 Å². The van der Waals surface area contributed by atoms with Crippen molar-refractivity contribution < 1.29 is 9.47 Å². The van der Waals surface area contributed by atoms with Crippen LogP contribution in [0.5, 0.6) is 11.5 Å². The van der Waals surface area contributed by atoms with Gasteiger partial charge in [-0.2, -0.15) is 8.75 Å². The number of ether oxygens (including phenoxy) is 2. The SMILES string of the molecule is CCCCCCCCC1(CCCCCCCC)c2cc(-c3ccc(-c4cc(-c5ccc(OC(C)CC)cc5)cc(-c5ccc(OC(C)CC)cc5)c4)c4nsnc34)ccc2-c2ccc(-n3c4ccc(-c5cccc6ccccc56)cc4c4cc(-c5cccc6ccccc56)ccc43)cc21. The molecule has 2 unspecified atom stereocenters. The maximum atomic E-state index is 6.26. The molecule has 0 saturated heterocycles. The zero-order valence-electron chi connectivity index (χ0n) is 58.6. The van der Waals surface area contributed by atoms with Crippen molar-refractivity contribution in [3.8, 4) is 95.1 Å². The fourth-order valence-electron chi connectivity index (χ4n) is 16.0. The Hall–Kier alpha value is -9.62. The number of aromatic nitrogens is 3. The molecule has 0 spiro atoms. The first-order chi connectivity index (χ1) is 48.7. The standard InChI is InChI=1S/C93H91N3O2S/c1-7-11-13-15-17-23-53-93(54-24-18-16-14-12-8-2)87-60-70(81-49-50-82(92-91(81)94-99-95-92)73-56-71(64-35-43-75(44-36-64)97-62(5)9-3)55-72(57-73)65-37-45-76(46-38-65)98-63(6)10-4)39-47-83(87)84-48-42-74(61-88(84)93)96-89-51-40-68(79-33-25-29-66-27-19-21-31-77(66)79)58-85(89)86-59-69(41-52-90(86)96)80-34-26-30-67-28-20-22-32-78(67)80/h19-22,25-52,55-63H,7-18,23-24,53-54H2,1-6H3. The van der Waals surface area contributed by atoms with Crippen LogP contribution in [0.15, 0.2) is 237 Å². The van der Waals surface area contributed by atoms with Gasteiger partial charge in [0.1, 0.15) is 22.5 Å². The summed E-state index contributed by atoms with van der Waals surface area (Å²) in [6.07, 6.45) is 19.4. The average Bonchev–Trinajstić information content (AvgIpc) is 1.56. The highest BCUT2D eigenvalue weighted by atomic mass is 32.1. The largest absolute Gasteiger partial charge is 0.491 e. The van der Waals surface area contributed by atoms with Crippen LogP contribution in [0.2, 0.25) is 0 Å². The highest BCUT2D eigenvalue weighted by molar-refractivity contribution is 7.00. The Morgan fingerprint density at radius 2 is 0.758 bits per heavy atom. The van der Waals surface area contributed by atoms with E-state index in [-0.39, 0.29) is 17.6 Å². The second-order valence-electron chi connectivity index (χ2n) is 28.1. The van der Waals surface area contributed by atoms with Gasteiger partial charge in [0.15, 0.2) is 0 Å². The molecule has 2 atom stereocenters. The Labute approximate surface area is 589 Å². The van der Waals surface area contributed by atoms with E-state index in [0.717, 1.165) is 87.2 Å². The fourth-order valence-corrected chi connectivity index (χ4v) is 16.6. The molecule has 0 fully saturated rings. The maximum Gasteiger partial charge on any atom is 0.119 e. The molecule has 0 bridgehead atoms. The predicted molar refractivity (Wildman–Crippen MR) is 422 cm³/mol. The molecule has 14 aromatic rings. The number of hydrogen-bond acceptors (Lipinski definition) is 5. The van der Waals surface area contributed by atoms with Crippen LogP contribution in [-0.2, 0) is 5.41 Å². The number of nitrogens with zero attached hydrogens (tertiary/aromatic N) is 3. The lowest BCUT2D eigenvalue weighted by Crippen LogP contribution is -2.26. The van der Waals surface area contributed by atoms with Crippen LogP contribution < -0.4 is 9.47 Å². The summed E-state index contributed by atoms with van der Waals surface area (Å²) in [6, 6.07) is 89.3. The second kappa shape index (κ2) is 29.1. The van der Waals surface area contributed by atoms with E-state index in [0.29, 0.717) is 0 Å². The molecule has 0 saturated carbocycles. The van der Waals surface area contributed by atoms with Gasteiger partial charge < -0.3 is 14.0 Å². The quantitative estimate of drug-likeness (QED) is 0.0482. The normalized spacial score (nSPS) is 13.2. The Bertz CT molecular complexity index is 4970. The van der Waals surface area contributed by atoms with Gasteiger partial charge >= 0.3 is 0 Å². The number of rotatable bonds is 27. The molecule has 5 nitrogen and oxygen atoms in total. The molecule has 99 heavy (non-hydrogen) atoms. The summed E-state index contributed by atoms with van der Waals surface area (Å²) >= 11 is 1.31. The van der Waals surface area contributed by atoms with Gasteiger partial charge in [0.25, 0.3) is 0 Å². The Morgan fingerprint density at radius 3 is 1.27 bits per heavy atom. The van der Waals surface area contributed by atoms with Gasteiger partial charge in [-0.1, -0.05) is 256 Å². The molecule has 15 rings (SSSR count). The molecular formula is C93H91N3O2S. The molecule has 1 aliphatic rings. The van der Waals surface area contributed by atoms with Gasteiger partial charge in [-0.25, -0.2) is 0 Å². The van der Waals surface area contributed by atoms with E-state index in [1.807, 2.05) is 0 Å². The van der Waals surface area contributed by atoms with Gasteiger partial charge in [0.2, 0.25) is 0 Å². The van der Waals surface area contributed by atoms with Crippen LogP contribution in [0.4, 0.5) is 0 Å². The summed E-state index contributed by atoms with van der Waals surface area (Å²) in [4.78, 5) is 0. The lowest BCUT2D eigenvalue weighted by molar-refractivity contribution is 0.217. The molecule has 1 aliphatic carbocycles. The topological polar surface area (TPSA) is 49.2 Å². The summed E-state index contributed by atoms with van der Waals surface area (Å²) in [5.74, 6) is 1.76. The maximum absolute atomic E-state index is 6.26. The third-order valence-electron chi connectivity index (χ3n) is 21.7. The first-order valence-corrected chi connectivity index (χ1v) is 37.7. The van der Waals surface area contributed by atoms with Gasteiger partial charge in [0.05, 0.1) is 35.0 Å². The van der Waals surface area contributed by atoms with Crippen molar-refractivity contribution in [1.82, 2.24) is 13.3 Å². The minimum atomic E-state index is -0.207. The summed E-state index contributed by atoms with van der Waals surface area (Å²) in [5, 5.41) is 7.56. The van der Waals surface area contributed by atoms with E-state index in [4.69, 9.17) is 18.2 Å². The van der Waals surface area contributed by atoms with Crippen LogP contribution in [0, 0.1) is 0 Å². The Morgan fingerprint density at radius 1 is 0.343 bits per heavy atom. The average molecular weight is 1310 g/mol. The monoisotopic (exact) mass is 1310 g/mol. The molecule has 496 valence electrons. The summed E-state index contributed by atoms with van der Waals surface area (Å²) < 4.78 is 25.5. The fraction of sp³-hybridized carbons (Fsp3) is 0.269. The van der Waals surface area contributed by atoms with E-state index >= 15 is 0 Å². The van der Waals surface area contributed by atoms with Gasteiger partial charge in [-0.05, 0) is 224 Å². The molecule has 2 heterocycles. The van der Waals surface area contributed by atoms with Crippen LogP contribution >= 0.6 is 11.7 Å². The molecule has 0 radical (unpaired) electrons. The number of fused-ring (bicyclic) bond motifs is 9. The summed E-state index contributed by atoms with van der Waals surface area (Å²) in [5.41, 5.74) is 24.9. The van der Waals surface area contributed by atoms with Gasteiger partial charge in [0, 0.05) is 33.0 Å². The number of hydrogen-bond donors (Lipinski definition) is 0. The van der Waals surface area contributed by atoms with E-state index in [2.05, 4.69) is 283 Å². The van der Waals surface area contributed by atoms with Crippen LogP contribution in [0.25, 0.3) is 138 Å². The van der Waals surface area contributed by atoms with Crippen molar-refractivity contribution >= 4 is 66.1 Å². The third-order valence-corrected chi connectivity index (χ3v) is 22.2. The number of benzene rings is 12. The lowest BCUT2D eigenvalue weighted by Gasteiger charge is -2.33. The lowest BCUT2D eigenvalue weighted by atomic mass is 9.70. The summed E-state index contributed by atoms with van der Waals surface area (Å²) in [6.45, 7) is 13.2.